The number of rotatable bonds is 3. The summed E-state index contributed by atoms with van der Waals surface area (Å²) in [7, 11) is 2.12. The second-order valence-electron chi connectivity index (χ2n) is 5.41. The summed E-state index contributed by atoms with van der Waals surface area (Å²) < 4.78 is 4.84. The highest BCUT2D eigenvalue weighted by Gasteiger charge is 2.24. The lowest BCUT2D eigenvalue weighted by molar-refractivity contribution is 0.221. The predicted molar refractivity (Wildman–Crippen MR) is 79.8 cm³/mol. The number of nitrogens with zero attached hydrogens (tertiary/aromatic N) is 4. The van der Waals surface area contributed by atoms with Crippen LogP contribution in [0.15, 0.2) is 16.8 Å². The molecule has 1 saturated heterocycles. The quantitative estimate of drug-likeness (QED) is 0.860. The molecule has 2 aromatic rings. The smallest absolute Gasteiger partial charge is 0.160 e. The summed E-state index contributed by atoms with van der Waals surface area (Å²) in [5.74, 6) is 0. The second-order valence-corrected chi connectivity index (χ2v) is 5.41. The zero-order valence-electron chi connectivity index (χ0n) is 12.0. The molecule has 20 heavy (non-hydrogen) atoms. The zero-order chi connectivity index (χ0) is 14.1. The fourth-order valence-electron chi connectivity index (χ4n) is 2.98. The van der Waals surface area contributed by atoms with Crippen LogP contribution in [0.3, 0.4) is 0 Å². The number of aromatic nitrogens is 2. The SMILES string of the molecule is CCN1CCC(N(C)c2ccc(N)c3nonc23)CC1. The molecule has 1 aliphatic heterocycles. The van der Waals surface area contributed by atoms with Gasteiger partial charge in [-0.3, -0.25) is 0 Å². The first kappa shape index (κ1) is 13.2. The van der Waals surface area contributed by atoms with E-state index in [2.05, 4.69) is 34.1 Å². The van der Waals surface area contributed by atoms with E-state index in [4.69, 9.17) is 10.4 Å². The lowest BCUT2D eigenvalue weighted by Gasteiger charge is -2.37. The van der Waals surface area contributed by atoms with Crippen molar-refractivity contribution in [3.63, 3.8) is 0 Å². The van der Waals surface area contributed by atoms with Crippen molar-refractivity contribution in [1.29, 1.82) is 0 Å². The number of benzene rings is 1. The third-order valence-electron chi connectivity index (χ3n) is 4.36. The Bertz CT molecular complexity index is 588. The van der Waals surface area contributed by atoms with Crippen LogP contribution < -0.4 is 10.6 Å². The van der Waals surface area contributed by atoms with Gasteiger partial charge in [-0.1, -0.05) is 6.92 Å². The molecule has 0 bridgehead atoms. The molecule has 3 rings (SSSR count). The van der Waals surface area contributed by atoms with Gasteiger partial charge in [0.25, 0.3) is 0 Å². The molecule has 0 amide bonds. The molecule has 1 aromatic heterocycles. The minimum absolute atomic E-state index is 0.529. The largest absolute Gasteiger partial charge is 0.397 e. The van der Waals surface area contributed by atoms with Crippen LogP contribution in [0.4, 0.5) is 11.4 Å². The first-order valence-electron chi connectivity index (χ1n) is 7.16. The van der Waals surface area contributed by atoms with Gasteiger partial charge in [-0.15, -0.1) is 0 Å². The molecule has 0 saturated carbocycles. The molecule has 0 atom stereocenters. The number of anilines is 2. The molecule has 1 aromatic carbocycles. The van der Waals surface area contributed by atoms with Gasteiger partial charge in [0.2, 0.25) is 0 Å². The Morgan fingerprint density at radius 2 is 2.00 bits per heavy atom. The van der Waals surface area contributed by atoms with Gasteiger partial charge < -0.3 is 15.5 Å². The first-order chi connectivity index (χ1) is 9.70. The fraction of sp³-hybridized carbons (Fsp3) is 0.571. The van der Waals surface area contributed by atoms with Crippen molar-refractivity contribution in [3.05, 3.63) is 12.1 Å². The van der Waals surface area contributed by atoms with Crippen LogP contribution in [-0.4, -0.2) is 47.9 Å². The highest BCUT2D eigenvalue weighted by atomic mass is 16.6. The Hall–Kier alpha value is -1.82. The Kier molecular flexibility index (Phi) is 3.48. The first-order valence-corrected chi connectivity index (χ1v) is 7.16. The van der Waals surface area contributed by atoms with Crippen LogP contribution in [0.2, 0.25) is 0 Å². The third kappa shape index (κ3) is 2.20. The molecular formula is C14H21N5O. The molecule has 0 spiro atoms. The minimum atomic E-state index is 0.529. The van der Waals surface area contributed by atoms with Crippen molar-refractivity contribution >= 4 is 22.4 Å². The molecule has 0 radical (unpaired) electrons. The average Bonchev–Trinajstić information content (AvgIpc) is 2.97. The molecule has 6 nitrogen and oxygen atoms in total. The number of hydrogen-bond acceptors (Lipinski definition) is 6. The highest BCUT2D eigenvalue weighted by Crippen LogP contribution is 2.30. The Morgan fingerprint density at radius 3 is 2.70 bits per heavy atom. The fourth-order valence-corrected chi connectivity index (χ4v) is 2.98. The summed E-state index contributed by atoms with van der Waals surface area (Å²) in [5.41, 5.74) is 8.96. The number of hydrogen-bond donors (Lipinski definition) is 1. The van der Waals surface area contributed by atoms with Gasteiger partial charge >= 0.3 is 0 Å². The average molecular weight is 275 g/mol. The zero-order valence-corrected chi connectivity index (χ0v) is 12.0. The van der Waals surface area contributed by atoms with Crippen LogP contribution >= 0.6 is 0 Å². The van der Waals surface area contributed by atoms with E-state index in [9.17, 15) is 0 Å². The summed E-state index contributed by atoms with van der Waals surface area (Å²) in [5, 5.41) is 7.89. The number of piperidine rings is 1. The van der Waals surface area contributed by atoms with Crippen LogP contribution in [0, 0.1) is 0 Å². The maximum Gasteiger partial charge on any atom is 0.160 e. The van der Waals surface area contributed by atoms with Crippen LogP contribution in [0.25, 0.3) is 11.0 Å². The molecule has 108 valence electrons. The van der Waals surface area contributed by atoms with E-state index >= 15 is 0 Å². The molecular weight excluding hydrogens is 254 g/mol. The highest BCUT2D eigenvalue weighted by molar-refractivity contribution is 5.95. The molecule has 0 aliphatic carbocycles. The normalized spacial score (nSPS) is 17.7. The lowest BCUT2D eigenvalue weighted by Crippen LogP contribution is -2.43. The van der Waals surface area contributed by atoms with Gasteiger partial charge in [0.1, 0.15) is 0 Å². The monoisotopic (exact) mass is 275 g/mol. The van der Waals surface area contributed by atoms with E-state index in [1.165, 1.54) is 12.8 Å². The van der Waals surface area contributed by atoms with Gasteiger partial charge in [-0.25, -0.2) is 4.63 Å². The van der Waals surface area contributed by atoms with Crippen LogP contribution in [0.5, 0.6) is 0 Å². The molecule has 1 fully saturated rings. The Balaban J connectivity index is 1.84. The maximum absolute atomic E-state index is 5.90. The van der Waals surface area contributed by atoms with E-state index in [0.29, 0.717) is 17.2 Å². The molecule has 1 aliphatic rings. The third-order valence-corrected chi connectivity index (χ3v) is 4.36. The number of nitrogens with two attached hydrogens (primary N) is 1. The van der Waals surface area contributed by atoms with Gasteiger partial charge in [0.05, 0.1) is 11.4 Å². The number of likely N-dealkylation sites (tertiary alicyclic amines) is 1. The van der Waals surface area contributed by atoms with Crippen molar-refractivity contribution in [2.24, 2.45) is 0 Å². The summed E-state index contributed by atoms with van der Waals surface area (Å²) in [6, 6.07) is 4.41. The van der Waals surface area contributed by atoms with E-state index in [1.807, 2.05) is 12.1 Å². The van der Waals surface area contributed by atoms with Crippen molar-refractivity contribution < 1.29 is 4.63 Å². The molecule has 2 heterocycles. The topological polar surface area (TPSA) is 71.4 Å². The van der Waals surface area contributed by atoms with E-state index < -0.39 is 0 Å². The standard InChI is InChI=1S/C14H21N5O/c1-3-19-8-6-10(7-9-19)18(2)12-5-4-11(15)13-14(12)17-20-16-13/h4-5,10H,3,6-9,15H2,1-2H3. The van der Waals surface area contributed by atoms with Gasteiger partial charge in [0, 0.05) is 26.2 Å². The van der Waals surface area contributed by atoms with Crippen LogP contribution in [0.1, 0.15) is 19.8 Å². The Morgan fingerprint density at radius 1 is 1.30 bits per heavy atom. The second kappa shape index (κ2) is 5.28. The summed E-state index contributed by atoms with van der Waals surface area (Å²) in [6.45, 7) is 5.66. The summed E-state index contributed by atoms with van der Waals surface area (Å²) in [6.07, 6.45) is 2.34. The molecule has 2 N–H and O–H groups in total. The minimum Gasteiger partial charge on any atom is -0.397 e. The van der Waals surface area contributed by atoms with Crippen molar-refractivity contribution in [2.45, 2.75) is 25.8 Å². The van der Waals surface area contributed by atoms with Gasteiger partial charge in [-0.05, 0) is 41.8 Å². The number of fused-ring (bicyclic) bond motifs is 1. The van der Waals surface area contributed by atoms with Gasteiger partial charge in [0.15, 0.2) is 11.0 Å². The van der Waals surface area contributed by atoms with Crippen molar-refractivity contribution in [1.82, 2.24) is 15.2 Å². The number of nitrogen functional groups attached to an aromatic ring is 1. The Labute approximate surface area is 118 Å². The van der Waals surface area contributed by atoms with Gasteiger partial charge in [-0.2, -0.15) is 0 Å². The molecule has 6 heteroatoms. The van der Waals surface area contributed by atoms with E-state index in [1.54, 1.807) is 0 Å². The van der Waals surface area contributed by atoms with Crippen LogP contribution in [-0.2, 0) is 0 Å². The van der Waals surface area contributed by atoms with Crippen molar-refractivity contribution in [2.75, 3.05) is 37.3 Å². The van der Waals surface area contributed by atoms with E-state index in [-0.39, 0.29) is 0 Å². The van der Waals surface area contributed by atoms with Crippen molar-refractivity contribution in [3.8, 4) is 0 Å². The maximum atomic E-state index is 5.90. The summed E-state index contributed by atoms with van der Waals surface area (Å²) in [4.78, 5) is 4.78. The van der Waals surface area contributed by atoms with E-state index in [0.717, 1.165) is 30.8 Å². The predicted octanol–water partition coefficient (Wildman–Crippen LogP) is 1.73. The molecule has 0 unspecified atom stereocenters. The lowest BCUT2D eigenvalue weighted by atomic mass is 10.0. The summed E-state index contributed by atoms with van der Waals surface area (Å²) >= 11 is 0.